The van der Waals surface area contributed by atoms with Crippen molar-refractivity contribution in [1.82, 2.24) is 20.0 Å². The fraction of sp³-hybridized carbons (Fsp3) is 0.440. The summed E-state index contributed by atoms with van der Waals surface area (Å²) in [6.45, 7) is 2.67. The SMILES string of the molecule is COc1ccc(OC)c(NC(=O)C[C@H]2C(=O)NCCN2C(=O)CN2CCN(C(=O)c3ccco3)CC2)c1. The molecule has 4 rings (SSSR count). The van der Waals surface area contributed by atoms with Gasteiger partial charge in [-0.3, -0.25) is 24.1 Å². The third-order valence-electron chi connectivity index (χ3n) is 6.46. The van der Waals surface area contributed by atoms with Crippen LogP contribution in [0.15, 0.2) is 41.0 Å². The molecule has 198 valence electrons. The van der Waals surface area contributed by atoms with E-state index in [2.05, 4.69) is 10.6 Å². The highest BCUT2D eigenvalue weighted by atomic mass is 16.5. The second-order valence-electron chi connectivity index (χ2n) is 8.76. The van der Waals surface area contributed by atoms with E-state index in [4.69, 9.17) is 13.9 Å². The number of hydrogen-bond acceptors (Lipinski definition) is 8. The molecule has 2 aliphatic rings. The number of nitrogens with one attached hydrogen (secondary N) is 2. The maximum Gasteiger partial charge on any atom is 0.289 e. The Morgan fingerprint density at radius 3 is 2.54 bits per heavy atom. The Labute approximate surface area is 214 Å². The van der Waals surface area contributed by atoms with Gasteiger partial charge < -0.3 is 34.3 Å². The van der Waals surface area contributed by atoms with Crippen LogP contribution in [0, 0.1) is 0 Å². The highest BCUT2D eigenvalue weighted by molar-refractivity contribution is 5.98. The van der Waals surface area contributed by atoms with Crippen molar-refractivity contribution in [3.8, 4) is 11.5 Å². The zero-order valence-corrected chi connectivity index (χ0v) is 20.9. The number of rotatable bonds is 8. The van der Waals surface area contributed by atoms with Crippen molar-refractivity contribution in [2.75, 3.05) is 65.3 Å². The van der Waals surface area contributed by atoms with Crippen LogP contribution in [-0.4, -0.2) is 104 Å². The molecule has 0 saturated carbocycles. The van der Waals surface area contributed by atoms with Gasteiger partial charge in [-0.2, -0.15) is 0 Å². The fourth-order valence-corrected chi connectivity index (χ4v) is 4.45. The first-order valence-corrected chi connectivity index (χ1v) is 12.0. The van der Waals surface area contributed by atoms with Gasteiger partial charge in [-0.1, -0.05) is 0 Å². The number of ether oxygens (including phenoxy) is 2. The molecule has 0 aliphatic carbocycles. The summed E-state index contributed by atoms with van der Waals surface area (Å²) in [7, 11) is 3.00. The summed E-state index contributed by atoms with van der Waals surface area (Å²) in [5.74, 6) is 0.0446. The van der Waals surface area contributed by atoms with E-state index in [1.807, 2.05) is 4.90 Å². The maximum atomic E-state index is 13.2. The third kappa shape index (κ3) is 6.20. The van der Waals surface area contributed by atoms with E-state index in [1.54, 1.807) is 35.2 Å². The van der Waals surface area contributed by atoms with Gasteiger partial charge in [0.2, 0.25) is 17.7 Å². The normalized spacial score (nSPS) is 18.2. The van der Waals surface area contributed by atoms with Gasteiger partial charge >= 0.3 is 0 Å². The maximum absolute atomic E-state index is 13.2. The van der Waals surface area contributed by atoms with Crippen molar-refractivity contribution in [2.24, 2.45) is 0 Å². The van der Waals surface area contributed by atoms with E-state index >= 15 is 0 Å². The van der Waals surface area contributed by atoms with Gasteiger partial charge in [0.15, 0.2) is 5.76 Å². The molecule has 2 saturated heterocycles. The molecule has 0 unspecified atom stereocenters. The summed E-state index contributed by atoms with van der Waals surface area (Å²) >= 11 is 0. The van der Waals surface area contributed by atoms with Crippen LogP contribution in [-0.2, 0) is 14.4 Å². The summed E-state index contributed by atoms with van der Waals surface area (Å²) in [5, 5.41) is 5.49. The quantitative estimate of drug-likeness (QED) is 0.519. The van der Waals surface area contributed by atoms with Crippen LogP contribution in [0.2, 0.25) is 0 Å². The van der Waals surface area contributed by atoms with Crippen LogP contribution in [0.1, 0.15) is 17.0 Å². The standard InChI is InChI=1S/C25H31N5O7/c1-35-17-5-6-20(36-2)18(14-17)27-22(31)15-19-24(33)26-7-8-30(19)23(32)16-28-9-11-29(12-10-28)25(34)21-4-3-13-37-21/h3-6,13-14,19H,7-12,15-16H2,1-2H3,(H,26,33)(H,27,31)/t19-/m0/s1. The lowest BCUT2D eigenvalue weighted by molar-refractivity contribution is -0.145. The molecule has 4 amide bonds. The molecular weight excluding hydrogens is 482 g/mol. The van der Waals surface area contributed by atoms with Crippen LogP contribution in [0.4, 0.5) is 5.69 Å². The Morgan fingerprint density at radius 1 is 1.08 bits per heavy atom. The monoisotopic (exact) mass is 513 g/mol. The van der Waals surface area contributed by atoms with Gasteiger partial charge in [0.25, 0.3) is 5.91 Å². The van der Waals surface area contributed by atoms with Gasteiger partial charge in [-0.25, -0.2) is 0 Å². The van der Waals surface area contributed by atoms with E-state index in [0.717, 1.165) is 0 Å². The highest BCUT2D eigenvalue weighted by Crippen LogP contribution is 2.29. The van der Waals surface area contributed by atoms with Crippen molar-refractivity contribution in [3.63, 3.8) is 0 Å². The van der Waals surface area contributed by atoms with Gasteiger partial charge in [-0.15, -0.1) is 0 Å². The number of methoxy groups -OCH3 is 2. The number of benzene rings is 1. The minimum Gasteiger partial charge on any atom is -0.497 e. The van der Waals surface area contributed by atoms with E-state index in [1.165, 1.54) is 25.4 Å². The van der Waals surface area contributed by atoms with Gasteiger partial charge in [0.05, 0.1) is 39.1 Å². The van der Waals surface area contributed by atoms with Crippen LogP contribution in [0.25, 0.3) is 0 Å². The molecular formula is C25H31N5O7. The van der Waals surface area contributed by atoms with Gasteiger partial charge in [-0.05, 0) is 24.3 Å². The Balaban J connectivity index is 1.34. The molecule has 2 N–H and O–H groups in total. The molecule has 3 heterocycles. The Morgan fingerprint density at radius 2 is 1.86 bits per heavy atom. The average Bonchev–Trinajstić information content (AvgIpc) is 3.45. The number of hydrogen-bond donors (Lipinski definition) is 2. The molecule has 0 radical (unpaired) electrons. The molecule has 2 aliphatic heterocycles. The molecule has 2 aromatic rings. The van der Waals surface area contributed by atoms with Crippen LogP contribution in [0.5, 0.6) is 11.5 Å². The van der Waals surface area contributed by atoms with E-state index < -0.39 is 11.9 Å². The minimum atomic E-state index is -0.931. The van der Waals surface area contributed by atoms with E-state index in [-0.39, 0.29) is 36.4 Å². The number of carbonyl (C=O) groups is 4. The molecule has 0 bridgehead atoms. The fourth-order valence-electron chi connectivity index (χ4n) is 4.45. The predicted octanol–water partition coefficient (Wildman–Crippen LogP) is 0.410. The van der Waals surface area contributed by atoms with Crippen molar-refractivity contribution >= 4 is 29.3 Å². The van der Waals surface area contributed by atoms with Gasteiger partial charge in [0, 0.05) is 45.3 Å². The van der Waals surface area contributed by atoms with Crippen LogP contribution >= 0.6 is 0 Å². The summed E-state index contributed by atoms with van der Waals surface area (Å²) in [5.41, 5.74) is 0.405. The summed E-state index contributed by atoms with van der Waals surface area (Å²) in [6.07, 6.45) is 1.25. The van der Waals surface area contributed by atoms with Crippen molar-refractivity contribution < 1.29 is 33.1 Å². The second kappa shape index (κ2) is 11.8. The number of piperazine rings is 2. The first kappa shape index (κ1) is 26.0. The molecule has 1 aromatic carbocycles. The molecule has 37 heavy (non-hydrogen) atoms. The summed E-state index contributed by atoms with van der Waals surface area (Å²) in [6, 6.07) is 7.35. The lowest BCUT2D eigenvalue weighted by Crippen LogP contribution is -2.60. The predicted molar refractivity (Wildman–Crippen MR) is 132 cm³/mol. The first-order valence-electron chi connectivity index (χ1n) is 12.0. The molecule has 1 aromatic heterocycles. The topological polar surface area (TPSA) is 134 Å². The second-order valence-corrected chi connectivity index (χ2v) is 8.76. The smallest absolute Gasteiger partial charge is 0.289 e. The first-order chi connectivity index (χ1) is 17.9. The number of amides is 4. The lowest BCUT2D eigenvalue weighted by atomic mass is 10.1. The Bertz CT molecular complexity index is 1130. The molecule has 12 nitrogen and oxygen atoms in total. The Hall–Kier alpha value is -4.06. The largest absolute Gasteiger partial charge is 0.497 e. The molecule has 1 atom stereocenters. The zero-order valence-electron chi connectivity index (χ0n) is 20.9. The number of carbonyl (C=O) groups excluding carboxylic acids is 4. The highest BCUT2D eigenvalue weighted by Gasteiger charge is 2.36. The van der Waals surface area contributed by atoms with Crippen molar-refractivity contribution in [3.05, 3.63) is 42.4 Å². The van der Waals surface area contributed by atoms with E-state index in [0.29, 0.717) is 56.5 Å². The van der Waals surface area contributed by atoms with Gasteiger partial charge in [0.1, 0.15) is 17.5 Å². The van der Waals surface area contributed by atoms with E-state index in [9.17, 15) is 19.2 Å². The molecule has 0 spiro atoms. The lowest BCUT2D eigenvalue weighted by Gasteiger charge is -2.38. The number of anilines is 1. The molecule has 12 heteroatoms. The minimum absolute atomic E-state index is 0.0951. The molecule has 2 fully saturated rings. The third-order valence-corrected chi connectivity index (χ3v) is 6.46. The van der Waals surface area contributed by atoms with Crippen molar-refractivity contribution in [1.29, 1.82) is 0 Å². The summed E-state index contributed by atoms with van der Waals surface area (Å²) < 4.78 is 15.7. The average molecular weight is 514 g/mol. The van der Waals surface area contributed by atoms with Crippen LogP contribution in [0.3, 0.4) is 0 Å². The number of nitrogens with zero attached hydrogens (tertiary/aromatic N) is 3. The van der Waals surface area contributed by atoms with Crippen LogP contribution < -0.4 is 20.1 Å². The zero-order chi connectivity index (χ0) is 26.4. The summed E-state index contributed by atoms with van der Waals surface area (Å²) in [4.78, 5) is 56.3. The Kier molecular flexibility index (Phi) is 8.29. The van der Waals surface area contributed by atoms with Crippen molar-refractivity contribution in [2.45, 2.75) is 12.5 Å². The number of furan rings is 1.